The molecule has 1 unspecified atom stereocenters. The average molecular weight is 409 g/mol. The number of thioether (sulfide) groups is 1. The van der Waals surface area contributed by atoms with E-state index in [0.29, 0.717) is 24.1 Å². The van der Waals surface area contributed by atoms with Crippen LogP contribution in [0, 0.1) is 5.82 Å². The van der Waals surface area contributed by atoms with Gasteiger partial charge in [0.1, 0.15) is 11.6 Å². The average Bonchev–Trinajstić information content (AvgIpc) is 3.42. The van der Waals surface area contributed by atoms with Crippen LogP contribution in [0.5, 0.6) is 0 Å². The Hall–Kier alpha value is -2.33. The third-order valence-electron chi connectivity index (χ3n) is 4.52. The van der Waals surface area contributed by atoms with Crippen LogP contribution in [0.2, 0.25) is 0 Å². The molecule has 0 spiro atoms. The number of imidazole rings is 1. The molecule has 0 aliphatic carbocycles. The van der Waals surface area contributed by atoms with Crippen molar-refractivity contribution in [2.45, 2.75) is 42.9 Å². The quantitative estimate of drug-likeness (QED) is 0.549. The van der Waals surface area contributed by atoms with E-state index in [1.165, 1.54) is 36.3 Å². The van der Waals surface area contributed by atoms with E-state index in [-0.39, 0.29) is 23.5 Å². The molecule has 0 saturated carbocycles. The van der Waals surface area contributed by atoms with Crippen molar-refractivity contribution < 1.29 is 17.9 Å². The lowest BCUT2D eigenvalue weighted by atomic mass is 10.2. The lowest BCUT2D eigenvalue weighted by Crippen LogP contribution is -2.16. The largest absolute Gasteiger partial charge is 0.376 e. The Balaban J connectivity index is 1.60. The highest BCUT2D eigenvalue weighted by atomic mass is 32.2. The number of aromatic nitrogens is 5. The summed E-state index contributed by atoms with van der Waals surface area (Å²) in [6, 6.07) is 6.02. The molecule has 1 aliphatic heterocycles. The molecule has 1 atom stereocenters. The van der Waals surface area contributed by atoms with Crippen LogP contribution in [0.1, 0.15) is 25.2 Å². The lowest BCUT2D eigenvalue weighted by Gasteiger charge is -2.15. The molecule has 4 rings (SSSR count). The molecule has 0 bridgehead atoms. The summed E-state index contributed by atoms with van der Waals surface area (Å²) < 4.78 is 47.8. The van der Waals surface area contributed by atoms with Crippen LogP contribution in [0.4, 0.5) is 13.2 Å². The zero-order valence-corrected chi connectivity index (χ0v) is 15.7. The van der Waals surface area contributed by atoms with Crippen LogP contribution in [0.25, 0.3) is 11.4 Å². The Kier molecular flexibility index (Phi) is 5.67. The number of ether oxygens (including phenoxy) is 1. The van der Waals surface area contributed by atoms with Crippen LogP contribution in [0.15, 0.2) is 41.8 Å². The summed E-state index contributed by atoms with van der Waals surface area (Å²) in [7, 11) is 0. The van der Waals surface area contributed by atoms with Crippen molar-refractivity contribution in [1.82, 2.24) is 24.3 Å². The Morgan fingerprint density at radius 2 is 2.04 bits per heavy atom. The number of nitrogens with zero attached hydrogens (tertiary/aromatic N) is 5. The molecule has 0 N–H and O–H groups in total. The second-order valence-corrected chi connectivity index (χ2v) is 7.32. The van der Waals surface area contributed by atoms with Crippen molar-refractivity contribution in [2.24, 2.45) is 0 Å². The monoisotopic (exact) mass is 409 g/mol. The van der Waals surface area contributed by atoms with Gasteiger partial charge in [0.25, 0.3) is 0 Å². The van der Waals surface area contributed by atoms with Crippen LogP contribution in [0.3, 0.4) is 0 Å². The Labute approximate surface area is 163 Å². The summed E-state index contributed by atoms with van der Waals surface area (Å²) in [5, 5.41) is 9.07. The van der Waals surface area contributed by atoms with Gasteiger partial charge in [-0.3, -0.25) is 9.13 Å². The van der Waals surface area contributed by atoms with Crippen molar-refractivity contribution in [1.29, 1.82) is 0 Å². The van der Waals surface area contributed by atoms with Gasteiger partial charge in [-0.1, -0.05) is 11.8 Å². The Morgan fingerprint density at radius 1 is 1.21 bits per heavy atom. The first kappa shape index (κ1) is 19.0. The SMILES string of the molecule is Fc1ccc(-c2nnc(SCc3nccn3C(F)F)n2CC2CCCO2)cc1. The molecule has 1 fully saturated rings. The van der Waals surface area contributed by atoms with Gasteiger partial charge in [0, 0.05) is 24.6 Å². The molecule has 0 amide bonds. The maximum Gasteiger partial charge on any atom is 0.319 e. The molecule has 0 radical (unpaired) electrons. The van der Waals surface area contributed by atoms with E-state index in [2.05, 4.69) is 15.2 Å². The van der Waals surface area contributed by atoms with Gasteiger partial charge in [-0.25, -0.2) is 9.37 Å². The minimum Gasteiger partial charge on any atom is -0.376 e. The minimum atomic E-state index is -2.64. The van der Waals surface area contributed by atoms with Crippen LogP contribution < -0.4 is 0 Å². The summed E-state index contributed by atoms with van der Waals surface area (Å²) in [6.07, 6.45) is 4.57. The van der Waals surface area contributed by atoms with E-state index in [0.717, 1.165) is 23.0 Å². The van der Waals surface area contributed by atoms with Gasteiger partial charge in [-0.15, -0.1) is 10.2 Å². The zero-order valence-electron chi connectivity index (χ0n) is 14.8. The van der Waals surface area contributed by atoms with Crippen molar-refractivity contribution in [3.63, 3.8) is 0 Å². The van der Waals surface area contributed by atoms with E-state index in [1.807, 2.05) is 4.57 Å². The Bertz CT molecular complexity index is 922. The standard InChI is InChI=1S/C18H18F3N5OS/c19-13-5-3-12(4-6-13)16-23-24-18(26(16)10-14-2-1-9-27-14)28-11-15-22-7-8-25(15)17(20)21/h3-8,14,17H,1-2,9-11H2. The van der Waals surface area contributed by atoms with Gasteiger partial charge in [0.05, 0.1) is 18.4 Å². The van der Waals surface area contributed by atoms with Gasteiger partial charge in [-0.05, 0) is 37.1 Å². The molecule has 3 heterocycles. The maximum atomic E-state index is 13.3. The molecule has 1 saturated heterocycles. The van der Waals surface area contributed by atoms with E-state index in [4.69, 9.17) is 4.74 Å². The molecule has 2 aromatic heterocycles. The second kappa shape index (κ2) is 8.36. The zero-order chi connectivity index (χ0) is 19.5. The lowest BCUT2D eigenvalue weighted by molar-refractivity contribution is 0.0678. The fraction of sp³-hybridized carbons (Fsp3) is 0.389. The fourth-order valence-electron chi connectivity index (χ4n) is 3.13. The first-order valence-corrected chi connectivity index (χ1v) is 9.84. The van der Waals surface area contributed by atoms with Gasteiger partial charge in [0.15, 0.2) is 11.0 Å². The second-order valence-electron chi connectivity index (χ2n) is 6.38. The summed E-state index contributed by atoms with van der Waals surface area (Å²) in [5.41, 5.74) is 0.729. The van der Waals surface area contributed by atoms with Gasteiger partial charge < -0.3 is 4.74 Å². The maximum absolute atomic E-state index is 13.3. The molecular weight excluding hydrogens is 391 g/mol. The van der Waals surface area contributed by atoms with E-state index in [1.54, 1.807) is 12.1 Å². The fourth-order valence-corrected chi connectivity index (χ4v) is 4.02. The number of hydrogen-bond donors (Lipinski definition) is 0. The Morgan fingerprint density at radius 3 is 2.75 bits per heavy atom. The summed E-state index contributed by atoms with van der Waals surface area (Å²) >= 11 is 1.28. The smallest absolute Gasteiger partial charge is 0.319 e. The molecule has 1 aromatic carbocycles. The third kappa shape index (κ3) is 4.07. The van der Waals surface area contributed by atoms with Crippen molar-refractivity contribution in [3.05, 3.63) is 48.3 Å². The highest BCUT2D eigenvalue weighted by molar-refractivity contribution is 7.98. The highest BCUT2D eigenvalue weighted by Crippen LogP contribution is 2.29. The van der Waals surface area contributed by atoms with Crippen molar-refractivity contribution >= 4 is 11.8 Å². The predicted molar refractivity (Wildman–Crippen MR) is 97.4 cm³/mol. The third-order valence-corrected chi connectivity index (χ3v) is 5.48. The van der Waals surface area contributed by atoms with Crippen LogP contribution >= 0.6 is 11.8 Å². The van der Waals surface area contributed by atoms with Crippen LogP contribution in [-0.4, -0.2) is 37.0 Å². The number of benzene rings is 1. The van der Waals surface area contributed by atoms with Crippen molar-refractivity contribution in [2.75, 3.05) is 6.61 Å². The molecule has 1 aliphatic rings. The summed E-state index contributed by atoms with van der Waals surface area (Å²) in [6.45, 7) is -1.38. The van der Waals surface area contributed by atoms with Gasteiger partial charge in [0.2, 0.25) is 0 Å². The van der Waals surface area contributed by atoms with Crippen molar-refractivity contribution in [3.8, 4) is 11.4 Å². The van der Waals surface area contributed by atoms with Gasteiger partial charge >= 0.3 is 6.55 Å². The van der Waals surface area contributed by atoms with E-state index < -0.39 is 6.55 Å². The van der Waals surface area contributed by atoms with Gasteiger partial charge in [-0.2, -0.15) is 8.78 Å². The number of alkyl halides is 2. The first-order chi connectivity index (χ1) is 13.6. The van der Waals surface area contributed by atoms with E-state index >= 15 is 0 Å². The molecule has 3 aromatic rings. The molecule has 6 nitrogen and oxygen atoms in total. The summed E-state index contributed by atoms with van der Waals surface area (Å²) in [4.78, 5) is 4.00. The predicted octanol–water partition coefficient (Wildman–Crippen LogP) is 4.15. The molecule has 10 heteroatoms. The van der Waals surface area contributed by atoms with Crippen LogP contribution in [-0.2, 0) is 17.0 Å². The number of rotatable bonds is 7. The van der Waals surface area contributed by atoms with E-state index in [9.17, 15) is 13.2 Å². The summed E-state index contributed by atoms with van der Waals surface area (Å²) in [5.74, 6) is 0.748. The topological polar surface area (TPSA) is 57.8 Å². The number of halogens is 3. The first-order valence-electron chi connectivity index (χ1n) is 8.85. The molecule has 148 valence electrons. The number of hydrogen-bond acceptors (Lipinski definition) is 5. The minimum absolute atomic E-state index is 0.0394. The highest BCUT2D eigenvalue weighted by Gasteiger charge is 2.22. The molecular formula is C18H18F3N5OS. The normalized spacial score (nSPS) is 16.9. The molecule has 28 heavy (non-hydrogen) atoms.